The number of imidazole rings is 1. The molecular formula is C21H26N4O2. The minimum absolute atomic E-state index is 0.0312. The topological polar surface area (TPSA) is 70.4 Å². The summed E-state index contributed by atoms with van der Waals surface area (Å²) in [6.45, 7) is 2.81. The van der Waals surface area contributed by atoms with Gasteiger partial charge in [-0.1, -0.05) is 24.3 Å². The van der Waals surface area contributed by atoms with E-state index in [1.165, 1.54) is 11.1 Å². The molecule has 2 aromatic rings. The van der Waals surface area contributed by atoms with Gasteiger partial charge in [-0.3, -0.25) is 9.69 Å². The number of carbonyl (C=O) groups is 1. The summed E-state index contributed by atoms with van der Waals surface area (Å²) in [5.74, 6) is 2.00. The summed E-state index contributed by atoms with van der Waals surface area (Å²) in [6, 6.07) is 8.62. The van der Waals surface area contributed by atoms with Crippen LogP contribution < -0.4 is 5.32 Å². The lowest BCUT2D eigenvalue weighted by molar-refractivity contribution is -0.132. The number of aryl methyl sites for hydroxylation is 1. The third-order valence-electron chi connectivity index (χ3n) is 6.67. The third kappa shape index (κ3) is 2.87. The van der Waals surface area contributed by atoms with E-state index in [2.05, 4.69) is 44.0 Å². The van der Waals surface area contributed by atoms with Crippen molar-refractivity contribution in [3.63, 3.8) is 0 Å². The number of benzene rings is 1. The summed E-state index contributed by atoms with van der Waals surface area (Å²) < 4.78 is 2.07. The van der Waals surface area contributed by atoms with E-state index in [1.807, 2.05) is 19.4 Å². The highest BCUT2D eigenvalue weighted by Gasteiger charge is 2.47. The molecule has 0 bridgehead atoms. The second kappa shape index (κ2) is 6.46. The first-order chi connectivity index (χ1) is 13.1. The number of nitrogens with zero attached hydrogens (tertiary/aromatic N) is 3. The van der Waals surface area contributed by atoms with E-state index in [1.54, 1.807) is 0 Å². The van der Waals surface area contributed by atoms with Crippen molar-refractivity contribution in [3.8, 4) is 0 Å². The Balaban J connectivity index is 1.35. The maximum atomic E-state index is 12.7. The maximum Gasteiger partial charge on any atom is 0.223 e. The number of amides is 1. The Hall–Kier alpha value is -2.18. The molecule has 2 N–H and O–H groups in total. The van der Waals surface area contributed by atoms with Gasteiger partial charge < -0.3 is 15.0 Å². The molecule has 6 heteroatoms. The van der Waals surface area contributed by atoms with Crippen LogP contribution in [-0.2, 0) is 18.4 Å². The van der Waals surface area contributed by atoms with E-state index >= 15 is 0 Å². The van der Waals surface area contributed by atoms with Crippen LogP contribution in [0.25, 0.3) is 0 Å². The molecule has 2 fully saturated rings. The lowest BCUT2D eigenvalue weighted by atomic mass is 9.81. The molecule has 3 atom stereocenters. The van der Waals surface area contributed by atoms with Gasteiger partial charge in [-0.25, -0.2) is 4.98 Å². The predicted octanol–water partition coefficient (Wildman–Crippen LogP) is 1.58. The van der Waals surface area contributed by atoms with Crippen molar-refractivity contribution < 1.29 is 9.90 Å². The Labute approximate surface area is 159 Å². The zero-order valence-electron chi connectivity index (χ0n) is 15.6. The second-order valence-electron chi connectivity index (χ2n) is 8.36. The Bertz CT molecular complexity index is 857. The van der Waals surface area contributed by atoms with Gasteiger partial charge in [0.25, 0.3) is 0 Å². The van der Waals surface area contributed by atoms with E-state index < -0.39 is 0 Å². The molecule has 2 heterocycles. The van der Waals surface area contributed by atoms with Gasteiger partial charge in [-0.2, -0.15) is 0 Å². The minimum Gasteiger partial charge on any atom is -0.393 e. The highest BCUT2D eigenvalue weighted by Crippen LogP contribution is 2.49. The van der Waals surface area contributed by atoms with Gasteiger partial charge >= 0.3 is 0 Å². The zero-order chi connectivity index (χ0) is 18.5. The van der Waals surface area contributed by atoms with Crippen molar-refractivity contribution >= 4 is 5.91 Å². The quantitative estimate of drug-likeness (QED) is 0.862. The first-order valence-electron chi connectivity index (χ1n) is 9.86. The number of aliphatic hydroxyl groups excluding tert-OH is 1. The van der Waals surface area contributed by atoms with E-state index in [-0.39, 0.29) is 24.0 Å². The van der Waals surface area contributed by atoms with Gasteiger partial charge in [0, 0.05) is 50.3 Å². The van der Waals surface area contributed by atoms with E-state index in [0.717, 1.165) is 25.5 Å². The molecule has 0 spiro atoms. The fourth-order valence-electron chi connectivity index (χ4n) is 5.08. The van der Waals surface area contributed by atoms with Gasteiger partial charge in [0.05, 0.1) is 18.7 Å². The van der Waals surface area contributed by atoms with Crippen LogP contribution in [0.1, 0.15) is 41.8 Å². The number of aliphatic hydroxyl groups is 1. The predicted molar refractivity (Wildman–Crippen MR) is 101 cm³/mol. The largest absolute Gasteiger partial charge is 0.393 e. The molecule has 1 aromatic heterocycles. The monoisotopic (exact) mass is 366 g/mol. The Kier molecular flexibility index (Phi) is 4.06. The smallest absolute Gasteiger partial charge is 0.223 e. The summed E-state index contributed by atoms with van der Waals surface area (Å²) in [4.78, 5) is 19.6. The van der Waals surface area contributed by atoms with Crippen LogP contribution in [-0.4, -0.2) is 44.7 Å². The molecule has 1 aliphatic heterocycles. The first kappa shape index (κ1) is 17.0. The van der Waals surface area contributed by atoms with Crippen LogP contribution in [0.3, 0.4) is 0 Å². The van der Waals surface area contributed by atoms with Crippen molar-refractivity contribution in [2.75, 3.05) is 13.1 Å². The maximum absolute atomic E-state index is 12.7. The summed E-state index contributed by atoms with van der Waals surface area (Å²) in [5, 5.41) is 12.8. The number of aromatic nitrogens is 2. The molecule has 2 aliphatic carbocycles. The molecule has 0 unspecified atom stereocenters. The molecule has 142 valence electrons. The summed E-state index contributed by atoms with van der Waals surface area (Å²) in [7, 11) is 2.03. The average Bonchev–Trinajstić information content (AvgIpc) is 3.30. The van der Waals surface area contributed by atoms with Gasteiger partial charge in [0.15, 0.2) is 0 Å². The molecule has 6 nitrogen and oxygen atoms in total. The fraction of sp³-hybridized carbons (Fsp3) is 0.524. The first-order valence-corrected chi connectivity index (χ1v) is 9.86. The lowest BCUT2D eigenvalue weighted by Crippen LogP contribution is -2.43. The van der Waals surface area contributed by atoms with Gasteiger partial charge in [0.2, 0.25) is 5.91 Å². The van der Waals surface area contributed by atoms with Crippen LogP contribution >= 0.6 is 0 Å². The molecule has 1 amide bonds. The molecule has 3 aliphatic rings. The molecule has 0 radical (unpaired) electrons. The third-order valence-corrected chi connectivity index (χ3v) is 6.67. The van der Waals surface area contributed by atoms with Crippen molar-refractivity contribution in [1.82, 2.24) is 19.8 Å². The minimum atomic E-state index is -0.302. The normalized spacial score (nSPS) is 32.0. The number of hydrogen-bond donors (Lipinski definition) is 2. The number of nitrogens with one attached hydrogen (secondary N) is 1. The van der Waals surface area contributed by atoms with E-state index in [9.17, 15) is 9.90 Å². The molecule has 27 heavy (non-hydrogen) atoms. The van der Waals surface area contributed by atoms with Crippen LogP contribution in [0.5, 0.6) is 0 Å². The average molecular weight is 366 g/mol. The van der Waals surface area contributed by atoms with Crippen LogP contribution in [0, 0.1) is 11.8 Å². The van der Waals surface area contributed by atoms with Gasteiger partial charge in [-0.15, -0.1) is 0 Å². The summed E-state index contributed by atoms with van der Waals surface area (Å²) in [5.41, 5.74) is 2.65. The van der Waals surface area contributed by atoms with E-state index in [0.29, 0.717) is 24.7 Å². The van der Waals surface area contributed by atoms with Crippen LogP contribution in [0.4, 0.5) is 0 Å². The molecule has 1 aromatic carbocycles. The van der Waals surface area contributed by atoms with Crippen molar-refractivity contribution in [2.24, 2.45) is 18.9 Å². The molecule has 5 rings (SSSR count). The van der Waals surface area contributed by atoms with Crippen LogP contribution in [0.15, 0.2) is 36.7 Å². The molecule has 1 saturated heterocycles. The Morgan fingerprint density at radius 3 is 2.74 bits per heavy atom. The van der Waals surface area contributed by atoms with E-state index in [4.69, 9.17) is 0 Å². The highest BCUT2D eigenvalue weighted by molar-refractivity contribution is 5.80. The van der Waals surface area contributed by atoms with Gasteiger partial charge in [-0.05, 0) is 24.0 Å². The SMILES string of the molecule is Cn1ccnc1CN1C[C@@H]2[C@H](NC(=O)C3CC(O)C3)c3ccccc3[C@@H]2C1. The fourth-order valence-corrected chi connectivity index (χ4v) is 5.08. The molecular weight excluding hydrogens is 340 g/mol. The van der Waals surface area contributed by atoms with Gasteiger partial charge in [0.1, 0.15) is 5.82 Å². The summed E-state index contributed by atoms with van der Waals surface area (Å²) in [6.07, 6.45) is 4.72. The number of rotatable bonds is 4. The van der Waals surface area contributed by atoms with Crippen molar-refractivity contribution in [2.45, 2.75) is 37.5 Å². The zero-order valence-corrected chi connectivity index (χ0v) is 15.6. The number of hydrogen-bond acceptors (Lipinski definition) is 4. The van der Waals surface area contributed by atoms with Crippen LogP contribution in [0.2, 0.25) is 0 Å². The molecule has 1 saturated carbocycles. The number of likely N-dealkylation sites (tertiary alicyclic amines) is 1. The van der Waals surface area contributed by atoms with Crippen molar-refractivity contribution in [1.29, 1.82) is 0 Å². The van der Waals surface area contributed by atoms with Crippen molar-refractivity contribution in [3.05, 3.63) is 53.6 Å². The Morgan fingerprint density at radius 2 is 2.04 bits per heavy atom. The second-order valence-corrected chi connectivity index (χ2v) is 8.36. The summed E-state index contributed by atoms with van der Waals surface area (Å²) >= 11 is 0. The Morgan fingerprint density at radius 1 is 1.26 bits per heavy atom. The number of fused-ring (bicyclic) bond motifs is 3. The highest BCUT2D eigenvalue weighted by atomic mass is 16.3. The lowest BCUT2D eigenvalue weighted by Gasteiger charge is -2.32. The standard InChI is InChI=1S/C21H26N4O2/c1-24-7-6-22-19(24)12-25-10-17-15-4-2-3-5-16(15)20(18(17)11-25)23-21(27)13-8-14(26)9-13/h2-7,13-14,17-18,20,26H,8-12H2,1H3,(H,23,27)/t13?,14?,17-,18-,20+/m0/s1. The number of carbonyl (C=O) groups excluding carboxylic acids is 1.